The molecule has 0 radical (unpaired) electrons. The average Bonchev–Trinajstić information content (AvgIpc) is 2.35. The number of hydrogen-bond donors (Lipinski definition) is 1. The average molecular weight is 269 g/mol. The van der Waals surface area contributed by atoms with Crippen molar-refractivity contribution in [2.24, 2.45) is 10.8 Å². The number of carboxylic acids is 1. The van der Waals surface area contributed by atoms with Crippen LogP contribution in [-0.4, -0.2) is 48.2 Å². The quantitative estimate of drug-likeness (QED) is 0.840. The summed E-state index contributed by atoms with van der Waals surface area (Å²) < 4.78 is 5.13. The van der Waals surface area contributed by atoms with E-state index < -0.39 is 16.8 Å². The number of aliphatic carboxylic acids is 1. The Bertz CT molecular complexity index is 374. The molecule has 0 aliphatic carbocycles. The van der Waals surface area contributed by atoms with Crippen LogP contribution < -0.4 is 0 Å². The molecule has 5 heteroatoms. The Hall–Kier alpha value is -1.10. The lowest BCUT2D eigenvalue weighted by molar-refractivity contribution is -0.174. The maximum atomic E-state index is 12.5. The van der Waals surface area contributed by atoms with Crippen molar-refractivity contribution >= 4 is 11.9 Å². The van der Waals surface area contributed by atoms with Gasteiger partial charge in [-0.05, 0) is 26.2 Å². The second kappa shape index (κ2) is 5.12. The summed E-state index contributed by atoms with van der Waals surface area (Å²) in [6.07, 6.45) is 2.91. The van der Waals surface area contributed by atoms with Crippen LogP contribution in [0.3, 0.4) is 0 Å². The number of amides is 1. The minimum Gasteiger partial charge on any atom is -0.481 e. The first kappa shape index (κ1) is 14.3. The Morgan fingerprint density at radius 1 is 1.37 bits per heavy atom. The van der Waals surface area contributed by atoms with Gasteiger partial charge in [-0.2, -0.15) is 0 Å². The largest absolute Gasteiger partial charge is 0.481 e. The van der Waals surface area contributed by atoms with E-state index in [2.05, 4.69) is 0 Å². The first-order valence-corrected chi connectivity index (χ1v) is 7.04. The summed E-state index contributed by atoms with van der Waals surface area (Å²) in [6, 6.07) is 0. The Morgan fingerprint density at radius 3 is 2.53 bits per heavy atom. The monoisotopic (exact) mass is 269 g/mol. The van der Waals surface area contributed by atoms with Gasteiger partial charge in [0.25, 0.3) is 0 Å². The van der Waals surface area contributed by atoms with Gasteiger partial charge >= 0.3 is 5.97 Å². The van der Waals surface area contributed by atoms with Crippen LogP contribution in [0.4, 0.5) is 0 Å². The molecule has 0 spiro atoms. The van der Waals surface area contributed by atoms with E-state index in [0.717, 1.165) is 12.8 Å². The number of nitrogens with zero attached hydrogens (tertiary/aromatic N) is 1. The van der Waals surface area contributed by atoms with Crippen LogP contribution in [0.5, 0.6) is 0 Å². The molecule has 2 saturated heterocycles. The van der Waals surface area contributed by atoms with Crippen molar-refractivity contribution in [1.82, 2.24) is 4.90 Å². The number of carboxylic acid groups (broad SMARTS) is 1. The minimum atomic E-state index is -0.762. The van der Waals surface area contributed by atoms with E-state index >= 15 is 0 Å². The lowest BCUT2D eigenvalue weighted by Gasteiger charge is -2.45. The third-order valence-corrected chi connectivity index (χ3v) is 4.40. The molecule has 0 bridgehead atoms. The molecule has 1 amide bonds. The first-order valence-electron chi connectivity index (χ1n) is 7.04. The van der Waals surface area contributed by atoms with E-state index in [1.165, 1.54) is 0 Å². The van der Waals surface area contributed by atoms with Gasteiger partial charge in [-0.25, -0.2) is 0 Å². The molecule has 1 N–H and O–H groups in total. The van der Waals surface area contributed by atoms with Crippen molar-refractivity contribution in [2.45, 2.75) is 39.5 Å². The van der Waals surface area contributed by atoms with Gasteiger partial charge in [-0.3, -0.25) is 9.59 Å². The zero-order chi connectivity index (χ0) is 14.1. The maximum Gasteiger partial charge on any atom is 0.311 e. The molecule has 2 heterocycles. The fourth-order valence-corrected chi connectivity index (χ4v) is 3.18. The zero-order valence-corrected chi connectivity index (χ0v) is 11.8. The van der Waals surface area contributed by atoms with Gasteiger partial charge in [0.15, 0.2) is 0 Å². The van der Waals surface area contributed by atoms with Crippen LogP contribution in [0, 0.1) is 10.8 Å². The van der Waals surface area contributed by atoms with Gasteiger partial charge in [0.05, 0.1) is 24.0 Å². The van der Waals surface area contributed by atoms with Crippen LogP contribution in [0.15, 0.2) is 0 Å². The molecular weight excluding hydrogens is 246 g/mol. The molecule has 5 nitrogen and oxygen atoms in total. The fraction of sp³-hybridized carbons (Fsp3) is 0.857. The van der Waals surface area contributed by atoms with Crippen molar-refractivity contribution in [2.75, 3.05) is 26.3 Å². The topological polar surface area (TPSA) is 66.8 Å². The molecule has 1 atom stereocenters. The van der Waals surface area contributed by atoms with Gasteiger partial charge in [-0.15, -0.1) is 0 Å². The molecule has 0 aromatic carbocycles. The van der Waals surface area contributed by atoms with Crippen LogP contribution in [0.2, 0.25) is 0 Å². The van der Waals surface area contributed by atoms with Crippen LogP contribution in [0.1, 0.15) is 39.5 Å². The van der Waals surface area contributed by atoms with Crippen molar-refractivity contribution in [3.05, 3.63) is 0 Å². The van der Waals surface area contributed by atoms with Crippen LogP contribution >= 0.6 is 0 Å². The molecule has 2 aliphatic rings. The SMILES string of the molecule is CCC[C@@]1(C(=O)O)CCCN(C(=O)C2(C)COC2)C1. The van der Waals surface area contributed by atoms with Crippen LogP contribution in [-0.2, 0) is 14.3 Å². The van der Waals surface area contributed by atoms with Gasteiger partial charge in [0.1, 0.15) is 0 Å². The van der Waals surface area contributed by atoms with Gasteiger partial charge in [-0.1, -0.05) is 13.3 Å². The number of ether oxygens (including phenoxy) is 1. The summed E-state index contributed by atoms with van der Waals surface area (Å²) in [5.41, 5.74) is -1.18. The van der Waals surface area contributed by atoms with E-state index in [9.17, 15) is 14.7 Å². The van der Waals surface area contributed by atoms with E-state index in [1.807, 2.05) is 13.8 Å². The maximum absolute atomic E-state index is 12.5. The van der Waals surface area contributed by atoms with Gasteiger partial charge in [0.2, 0.25) is 5.91 Å². The van der Waals surface area contributed by atoms with Gasteiger partial charge in [0, 0.05) is 13.1 Å². The summed E-state index contributed by atoms with van der Waals surface area (Å²) in [6.45, 7) is 5.83. The first-order chi connectivity index (χ1) is 8.93. The Morgan fingerprint density at radius 2 is 2.05 bits per heavy atom. The van der Waals surface area contributed by atoms with Gasteiger partial charge < -0.3 is 14.7 Å². The molecule has 2 rings (SSSR count). The predicted octanol–water partition coefficient (Wildman–Crippen LogP) is 1.52. The highest BCUT2D eigenvalue weighted by Gasteiger charge is 2.48. The third kappa shape index (κ3) is 2.48. The zero-order valence-electron chi connectivity index (χ0n) is 11.8. The highest BCUT2D eigenvalue weighted by molar-refractivity contribution is 5.85. The molecule has 19 heavy (non-hydrogen) atoms. The number of hydrogen-bond acceptors (Lipinski definition) is 3. The van der Waals surface area contributed by atoms with E-state index in [-0.39, 0.29) is 5.91 Å². The number of carbonyl (C=O) groups is 2. The summed E-state index contributed by atoms with van der Waals surface area (Å²) in [5, 5.41) is 9.53. The Kier molecular flexibility index (Phi) is 3.85. The Balaban J connectivity index is 2.11. The number of piperidine rings is 1. The summed E-state index contributed by atoms with van der Waals surface area (Å²) in [4.78, 5) is 25.8. The molecule has 2 aliphatic heterocycles. The lowest BCUT2D eigenvalue weighted by Crippen LogP contribution is -2.58. The second-order valence-corrected chi connectivity index (χ2v) is 6.22. The summed E-state index contributed by atoms with van der Waals surface area (Å²) >= 11 is 0. The summed E-state index contributed by atoms with van der Waals surface area (Å²) in [7, 11) is 0. The van der Waals surface area contributed by atoms with E-state index in [4.69, 9.17) is 4.74 Å². The second-order valence-electron chi connectivity index (χ2n) is 6.22. The predicted molar refractivity (Wildman–Crippen MR) is 69.7 cm³/mol. The number of rotatable bonds is 4. The molecule has 0 aromatic heterocycles. The highest BCUT2D eigenvalue weighted by atomic mass is 16.5. The molecule has 2 fully saturated rings. The summed E-state index contributed by atoms with van der Waals surface area (Å²) in [5.74, 6) is -0.706. The van der Waals surface area contributed by atoms with Crippen molar-refractivity contribution < 1.29 is 19.4 Å². The van der Waals surface area contributed by atoms with Crippen molar-refractivity contribution in [1.29, 1.82) is 0 Å². The normalized spacial score (nSPS) is 29.7. The number of likely N-dealkylation sites (tertiary alicyclic amines) is 1. The van der Waals surface area contributed by atoms with Crippen molar-refractivity contribution in [3.8, 4) is 0 Å². The fourth-order valence-electron chi connectivity index (χ4n) is 3.18. The molecule has 0 aromatic rings. The molecule has 108 valence electrons. The smallest absolute Gasteiger partial charge is 0.311 e. The molecule has 0 saturated carbocycles. The van der Waals surface area contributed by atoms with E-state index in [0.29, 0.717) is 39.1 Å². The van der Waals surface area contributed by atoms with E-state index in [1.54, 1.807) is 4.90 Å². The molecular formula is C14H23NO4. The third-order valence-electron chi connectivity index (χ3n) is 4.40. The Labute approximate surface area is 113 Å². The molecule has 0 unspecified atom stereocenters. The number of carbonyl (C=O) groups excluding carboxylic acids is 1. The van der Waals surface area contributed by atoms with Crippen molar-refractivity contribution in [3.63, 3.8) is 0 Å². The standard InChI is InChI=1S/C14H23NO4/c1-3-5-14(12(17)18)6-4-7-15(8-14)11(16)13(2)9-19-10-13/h3-10H2,1-2H3,(H,17,18)/t14-/m1/s1. The minimum absolute atomic E-state index is 0.0557. The van der Waals surface area contributed by atoms with Crippen LogP contribution in [0.25, 0.3) is 0 Å². The highest BCUT2D eigenvalue weighted by Crippen LogP contribution is 2.38. The lowest BCUT2D eigenvalue weighted by atomic mass is 9.75.